The van der Waals surface area contributed by atoms with Gasteiger partial charge in [0.2, 0.25) is 5.91 Å². The second-order valence-corrected chi connectivity index (χ2v) is 4.91. The molecular formula is C18H16FNO3. The molecule has 0 heterocycles. The van der Waals surface area contributed by atoms with Crippen LogP contribution in [0.25, 0.3) is 12.2 Å². The highest BCUT2D eigenvalue weighted by atomic mass is 19.1. The predicted octanol–water partition coefficient (Wildman–Crippen LogP) is 2.74. The molecule has 0 aliphatic rings. The van der Waals surface area contributed by atoms with Gasteiger partial charge in [-0.3, -0.25) is 9.59 Å². The van der Waals surface area contributed by atoms with Gasteiger partial charge in [-0.2, -0.15) is 0 Å². The summed E-state index contributed by atoms with van der Waals surface area (Å²) in [6, 6.07) is 12.9. The molecule has 2 N–H and O–H groups in total. The summed E-state index contributed by atoms with van der Waals surface area (Å²) in [4.78, 5) is 23.0. The van der Waals surface area contributed by atoms with E-state index in [-0.39, 0.29) is 5.82 Å². The van der Waals surface area contributed by atoms with E-state index >= 15 is 0 Å². The Kier molecular flexibility index (Phi) is 5.25. The van der Waals surface area contributed by atoms with Crippen LogP contribution in [0.1, 0.15) is 22.6 Å². The molecule has 1 amide bonds. The van der Waals surface area contributed by atoms with Crippen LogP contribution < -0.4 is 5.73 Å². The zero-order valence-corrected chi connectivity index (χ0v) is 12.5. The lowest BCUT2D eigenvalue weighted by atomic mass is 9.97. The first-order chi connectivity index (χ1) is 11.0. The highest BCUT2D eigenvalue weighted by Crippen LogP contribution is 2.19. The number of rotatable bonds is 5. The van der Waals surface area contributed by atoms with Crippen LogP contribution in [0.5, 0.6) is 0 Å². The van der Waals surface area contributed by atoms with Crippen LogP contribution in [-0.2, 0) is 14.3 Å². The van der Waals surface area contributed by atoms with Crippen molar-refractivity contribution in [1.29, 1.82) is 0 Å². The van der Waals surface area contributed by atoms with Crippen molar-refractivity contribution in [2.24, 2.45) is 5.73 Å². The van der Waals surface area contributed by atoms with E-state index in [4.69, 9.17) is 5.73 Å². The summed E-state index contributed by atoms with van der Waals surface area (Å²) in [6.45, 7) is 0. The van der Waals surface area contributed by atoms with Gasteiger partial charge in [-0.15, -0.1) is 0 Å². The van der Waals surface area contributed by atoms with Crippen molar-refractivity contribution in [3.05, 3.63) is 71.0 Å². The average Bonchev–Trinajstić information content (AvgIpc) is 2.55. The van der Waals surface area contributed by atoms with Gasteiger partial charge in [0.05, 0.1) is 7.11 Å². The fourth-order valence-corrected chi connectivity index (χ4v) is 2.10. The van der Waals surface area contributed by atoms with E-state index < -0.39 is 17.8 Å². The van der Waals surface area contributed by atoms with E-state index in [1.54, 1.807) is 36.4 Å². The second kappa shape index (κ2) is 7.35. The molecule has 2 aromatic rings. The largest absolute Gasteiger partial charge is 0.468 e. The Labute approximate surface area is 133 Å². The zero-order chi connectivity index (χ0) is 16.8. The lowest BCUT2D eigenvalue weighted by Crippen LogP contribution is -2.29. The summed E-state index contributed by atoms with van der Waals surface area (Å²) in [5, 5.41) is 0. The van der Waals surface area contributed by atoms with Gasteiger partial charge < -0.3 is 10.5 Å². The number of primary amides is 1. The maximum Gasteiger partial charge on any atom is 0.322 e. The molecular weight excluding hydrogens is 297 g/mol. The monoisotopic (exact) mass is 313 g/mol. The third kappa shape index (κ3) is 4.26. The molecule has 0 spiro atoms. The minimum absolute atomic E-state index is 0.285. The first-order valence-corrected chi connectivity index (χ1v) is 6.92. The Hall–Kier alpha value is -2.95. The molecule has 0 saturated carbocycles. The second-order valence-electron chi connectivity index (χ2n) is 4.91. The summed E-state index contributed by atoms with van der Waals surface area (Å²) >= 11 is 0. The Morgan fingerprint density at radius 2 is 1.48 bits per heavy atom. The summed E-state index contributed by atoms with van der Waals surface area (Å²) in [6.07, 6.45) is 3.68. The van der Waals surface area contributed by atoms with Gasteiger partial charge in [0.25, 0.3) is 0 Å². The van der Waals surface area contributed by atoms with Crippen molar-refractivity contribution in [2.45, 2.75) is 5.92 Å². The van der Waals surface area contributed by atoms with Crippen molar-refractivity contribution >= 4 is 24.0 Å². The highest BCUT2D eigenvalue weighted by Gasteiger charge is 2.26. The molecule has 0 aliphatic carbocycles. The number of methoxy groups -OCH3 is 1. The molecule has 23 heavy (non-hydrogen) atoms. The molecule has 2 aromatic carbocycles. The van der Waals surface area contributed by atoms with Gasteiger partial charge in [0, 0.05) is 0 Å². The Bertz CT molecular complexity index is 721. The van der Waals surface area contributed by atoms with Crippen LogP contribution in [-0.4, -0.2) is 19.0 Å². The standard InChI is InChI=1S/C18H16FNO3/c1-23-18(22)16(17(20)21)14-8-4-12(5-9-14)2-3-13-6-10-15(19)11-7-13/h2-11,16H,1H3,(H2,20,21). The van der Waals surface area contributed by atoms with Crippen LogP contribution in [0, 0.1) is 5.82 Å². The Morgan fingerprint density at radius 1 is 1.00 bits per heavy atom. The number of nitrogens with two attached hydrogens (primary N) is 1. The number of amides is 1. The quantitative estimate of drug-likeness (QED) is 0.524. The molecule has 0 aromatic heterocycles. The molecule has 4 nitrogen and oxygen atoms in total. The van der Waals surface area contributed by atoms with Crippen LogP contribution in [0.15, 0.2) is 48.5 Å². The number of hydrogen-bond donors (Lipinski definition) is 1. The van der Waals surface area contributed by atoms with E-state index in [2.05, 4.69) is 4.74 Å². The molecule has 5 heteroatoms. The molecule has 0 bridgehead atoms. The van der Waals surface area contributed by atoms with Crippen LogP contribution in [0.4, 0.5) is 4.39 Å². The van der Waals surface area contributed by atoms with E-state index in [9.17, 15) is 14.0 Å². The zero-order valence-electron chi connectivity index (χ0n) is 12.5. The van der Waals surface area contributed by atoms with Crippen LogP contribution >= 0.6 is 0 Å². The maximum absolute atomic E-state index is 12.8. The smallest absolute Gasteiger partial charge is 0.322 e. The Morgan fingerprint density at radius 3 is 1.91 bits per heavy atom. The third-order valence-electron chi connectivity index (χ3n) is 3.33. The van der Waals surface area contributed by atoms with E-state index in [1.807, 2.05) is 12.2 Å². The topological polar surface area (TPSA) is 69.4 Å². The number of carbonyl (C=O) groups excluding carboxylic acids is 2. The average molecular weight is 313 g/mol. The maximum atomic E-state index is 12.8. The summed E-state index contributed by atoms with van der Waals surface area (Å²) < 4.78 is 17.4. The van der Waals surface area contributed by atoms with Crippen molar-refractivity contribution < 1.29 is 18.7 Å². The fourth-order valence-electron chi connectivity index (χ4n) is 2.10. The fraction of sp³-hybridized carbons (Fsp3) is 0.111. The first kappa shape index (κ1) is 16.4. The molecule has 0 fully saturated rings. The van der Waals surface area contributed by atoms with Gasteiger partial charge in [0.15, 0.2) is 5.92 Å². The number of esters is 1. The molecule has 2 rings (SSSR count). The van der Waals surface area contributed by atoms with Gasteiger partial charge in [-0.25, -0.2) is 4.39 Å². The molecule has 1 unspecified atom stereocenters. The highest BCUT2D eigenvalue weighted by molar-refractivity contribution is 6.02. The number of benzene rings is 2. The molecule has 0 aliphatic heterocycles. The van der Waals surface area contributed by atoms with Crippen molar-refractivity contribution in [2.75, 3.05) is 7.11 Å². The van der Waals surface area contributed by atoms with E-state index in [0.717, 1.165) is 11.1 Å². The third-order valence-corrected chi connectivity index (χ3v) is 3.33. The number of carbonyl (C=O) groups is 2. The summed E-state index contributed by atoms with van der Waals surface area (Å²) in [5.41, 5.74) is 7.45. The van der Waals surface area contributed by atoms with E-state index in [1.165, 1.54) is 19.2 Å². The molecule has 118 valence electrons. The van der Waals surface area contributed by atoms with Gasteiger partial charge in [-0.1, -0.05) is 48.6 Å². The normalized spacial score (nSPS) is 12.1. The lowest BCUT2D eigenvalue weighted by molar-refractivity contribution is -0.145. The van der Waals surface area contributed by atoms with Gasteiger partial charge in [-0.05, 0) is 28.8 Å². The van der Waals surface area contributed by atoms with Gasteiger partial charge >= 0.3 is 5.97 Å². The first-order valence-electron chi connectivity index (χ1n) is 6.92. The van der Waals surface area contributed by atoms with E-state index in [0.29, 0.717) is 5.56 Å². The predicted molar refractivity (Wildman–Crippen MR) is 85.7 cm³/mol. The summed E-state index contributed by atoms with van der Waals surface area (Å²) in [5.74, 6) is -2.85. The number of halogens is 1. The lowest BCUT2D eigenvalue weighted by Gasteiger charge is -2.11. The molecule has 0 saturated heterocycles. The molecule has 1 atom stereocenters. The van der Waals surface area contributed by atoms with Crippen molar-refractivity contribution in [3.63, 3.8) is 0 Å². The minimum atomic E-state index is -1.12. The SMILES string of the molecule is COC(=O)C(C(N)=O)c1ccc(C=Cc2ccc(F)cc2)cc1. The van der Waals surface area contributed by atoms with Crippen molar-refractivity contribution in [1.82, 2.24) is 0 Å². The summed E-state index contributed by atoms with van der Waals surface area (Å²) in [7, 11) is 1.21. The van der Waals surface area contributed by atoms with Crippen molar-refractivity contribution in [3.8, 4) is 0 Å². The van der Waals surface area contributed by atoms with Crippen LogP contribution in [0.3, 0.4) is 0 Å². The number of ether oxygens (including phenoxy) is 1. The molecule has 0 radical (unpaired) electrons. The Balaban J connectivity index is 2.17. The van der Waals surface area contributed by atoms with Gasteiger partial charge in [0.1, 0.15) is 5.82 Å². The van der Waals surface area contributed by atoms with Crippen LogP contribution in [0.2, 0.25) is 0 Å². The minimum Gasteiger partial charge on any atom is -0.468 e. The number of hydrogen-bond acceptors (Lipinski definition) is 3.